The summed E-state index contributed by atoms with van der Waals surface area (Å²) >= 11 is 5.74. The van der Waals surface area contributed by atoms with Gasteiger partial charge in [-0.15, -0.1) is 0 Å². The molecule has 2 aromatic rings. The van der Waals surface area contributed by atoms with Crippen molar-refractivity contribution in [2.24, 2.45) is 0 Å². The summed E-state index contributed by atoms with van der Waals surface area (Å²) in [6.45, 7) is 0.819. The van der Waals surface area contributed by atoms with Gasteiger partial charge in [0, 0.05) is 23.5 Å². The molecule has 102 valence electrons. The predicted octanol–water partition coefficient (Wildman–Crippen LogP) is 3.67. The van der Waals surface area contributed by atoms with Crippen molar-refractivity contribution in [3.05, 3.63) is 47.2 Å². The molecule has 1 aromatic heterocycles. The lowest BCUT2D eigenvalue weighted by Gasteiger charge is -2.06. The topological polar surface area (TPSA) is 29.9 Å². The first-order valence-electron chi connectivity index (χ1n) is 5.55. The van der Waals surface area contributed by atoms with Gasteiger partial charge in [-0.3, -0.25) is 4.68 Å². The Balaban J connectivity index is 1.86. The van der Waals surface area contributed by atoms with Crippen molar-refractivity contribution in [2.45, 2.75) is 12.7 Å². The van der Waals surface area contributed by atoms with Gasteiger partial charge in [0.1, 0.15) is 0 Å². The molecule has 3 nitrogen and oxygen atoms in total. The molecule has 19 heavy (non-hydrogen) atoms. The molecule has 0 amide bonds. The van der Waals surface area contributed by atoms with Gasteiger partial charge in [0.25, 0.3) is 0 Å². The standard InChI is InChI=1S/C12H11ClF3N3/c13-9-1-3-10(4-2-9)17-6-8-19-7-5-11(18-19)12(14,15)16/h1-5,7,17H,6,8H2. The van der Waals surface area contributed by atoms with Crippen LogP contribution >= 0.6 is 11.6 Å². The number of hydrogen-bond donors (Lipinski definition) is 1. The first-order chi connectivity index (χ1) is 8.95. The minimum Gasteiger partial charge on any atom is -0.383 e. The van der Waals surface area contributed by atoms with Crippen LogP contribution < -0.4 is 5.32 Å². The van der Waals surface area contributed by atoms with Crippen LogP contribution in [0.1, 0.15) is 5.69 Å². The van der Waals surface area contributed by atoms with Crippen molar-refractivity contribution in [1.82, 2.24) is 9.78 Å². The number of benzene rings is 1. The average Bonchev–Trinajstić information content (AvgIpc) is 2.80. The Hall–Kier alpha value is -1.69. The number of anilines is 1. The van der Waals surface area contributed by atoms with Crippen LogP contribution in [0, 0.1) is 0 Å². The molecule has 2 rings (SSSR count). The van der Waals surface area contributed by atoms with E-state index in [1.807, 2.05) is 0 Å². The molecule has 0 atom stereocenters. The molecule has 0 aliphatic rings. The van der Waals surface area contributed by atoms with Gasteiger partial charge in [0.2, 0.25) is 0 Å². The molecule has 1 aromatic carbocycles. The molecule has 0 saturated heterocycles. The molecule has 0 spiro atoms. The quantitative estimate of drug-likeness (QED) is 0.931. The normalized spacial score (nSPS) is 11.6. The molecule has 0 radical (unpaired) electrons. The number of rotatable bonds is 4. The SMILES string of the molecule is FC(F)(F)c1ccn(CCNc2ccc(Cl)cc2)n1. The van der Waals surface area contributed by atoms with Crippen LogP contribution in [0.4, 0.5) is 18.9 Å². The molecule has 1 heterocycles. The van der Waals surface area contributed by atoms with E-state index in [1.54, 1.807) is 24.3 Å². The van der Waals surface area contributed by atoms with Crippen LogP contribution in [0.5, 0.6) is 0 Å². The Labute approximate surface area is 113 Å². The minimum atomic E-state index is -4.39. The summed E-state index contributed by atoms with van der Waals surface area (Å²) in [5.74, 6) is 0. The largest absolute Gasteiger partial charge is 0.435 e. The summed E-state index contributed by atoms with van der Waals surface area (Å²) in [5.41, 5.74) is -0.0217. The molecule has 0 fully saturated rings. The highest BCUT2D eigenvalue weighted by atomic mass is 35.5. The van der Waals surface area contributed by atoms with Crippen LogP contribution in [0.25, 0.3) is 0 Å². The van der Waals surface area contributed by atoms with Gasteiger partial charge < -0.3 is 5.32 Å². The average molecular weight is 290 g/mol. The monoisotopic (exact) mass is 289 g/mol. The molecule has 0 unspecified atom stereocenters. The Morgan fingerprint density at radius 1 is 1.16 bits per heavy atom. The summed E-state index contributed by atoms with van der Waals surface area (Å²) in [7, 11) is 0. The van der Waals surface area contributed by atoms with Crippen molar-refractivity contribution in [1.29, 1.82) is 0 Å². The Bertz CT molecular complexity index is 534. The van der Waals surface area contributed by atoms with Gasteiger partial charge in [0.05, 0.1) is 6.54 Å². The number of aromatic nitrogens is 2. The van der Waals surface area contributed by atoms with E-state index in [9.17, 15) is 13.2 Å². The zero-order valence-electron chi connectivity index (χ0n) is 9.78. The van der Waals surface area contributed by atoms with E-state index in [0.717, 1.165) is 11.8 Å². The highest BCUT2D eigenvalue weighted by molar-refractivity contribution is 6.30. The van der Waals surface area contributed by atoms with Crippen LogP contribution in [-0.2, 0) is 12.7 Å². The molecule has 0 aliphatic heterocycles. The lowest BCUT2D eigenvalue weighted by molar-refractivity contribution is -0.141. The van der Waals surface area contributed by atoms with Crippen molar-refractivity contribution in [3.63, 3.8) is 0 Å². The van der Waals surface area contributed by atoms with Crippen LogP contribution in [0.3, 0.4) is 0 Å². The number of alkyl halides is 3. The van der Waals surface area contributed by atoms with Crippen molar-refractivity contribution in [3.8, 4) is 0 Å². The highest BCUT2D eigenvalue weighted by Gasteiger charge is 2.33. The number of halogens is 4. The molecule has 1 N–H and O–H groups in total. The Morgan fingerprint density at radius 2 is 1.84 bits per heavy atom. The van der Waals surface area contributed by atoms with Crippen molar-refractivity contribution in [2.75, 3.05) is 11.9 Å². The summed E-state index contributed by atoms with van der Waals surface area (Å²) < 4.78 is 38.2. The zero-order chi connectivity index (χ0) is 13.9. The van der Waals surface area contributed by atoms with Crippen molar-refractivity contribution >= 4 is 17.3 Å². The maximum Gasteiger partial charge on any atom is 0.435 e. The summed E-state index contributed by atoms with van der Waals surface area (Å²) in [4.78, 5) is 0. The van der Waals surface area contributed by atoms with E-state index in [4.69, 9.17) is 11.6 Å². The fourth-order valence-corrected chi connectivity index (χ4v) is 1.65. The maximum atomic E-state index is 12.3. The molecule has 7 heteroatoms. The third-order valence-electron chi connectivity index (χ3n) is 2.45. The van der Waals surface area contributed by atoms with Gasteiger partial charge in [-0.05, 0) is 30.3 Å². The smallest absolute Gasteiger partial charge is 0.383 e. The molecule has 0 aliphatic carbocycles. The molecular weight excluding hydrogens is 279 g/mol. The fourth-order valence-electron chi connectivity index (χ4n) is 1.52. The second-order valence-electron chi connectivity index (χ2n) is 3.90. The van der Waals surface area contributed by atoms with E-state index in [2.05, 4.69) is 10.4 Å². The third-order valence-corrected chi connectivity index (χ3v) is 2.70. The van der Waals surface area contributed by atoms with Gasteiger partial charge in [0.15, 0.2) is 5.69 Å². The lowest BCUT2D eigenvalue weighted by atomic mass is 10.3. The first-order valence-corrected chi connectivity index (χ1v) is 5.93. The summed E-state index contributed by atoms with van der Waals surface area (Å²) in [6, 6.07) is 8.03. The summed E-state index contributed by atoms with van der Waals surface area (Å²) in [5, 5.41) is 7.16. The number of hydrogen-bond acceptors (Lipinski definition) is 2. The Kier molecular flexibility index (Phi) is 3.99. The first kappa shape index (κ1) is 13.7. The van der Waals surface area contributed by atoms with E-state index in [1.165, 1.54) is 10.9 Å². The highest BCUT2D eigenvalue weighted by Crippen LogP contribution is 2.27. The van der Waals surface area contributed by atoms with E-state index in [-0.39, 0.29) is 0 Å². The summed E-state index contributed by atoms with van der Waals surface area (Å²) in [6.07, 6.45) is -3.08. The number of nitrogens with one attached hydrogen (secondary N) is 1. The zero-order valence-corrected chi connectivity index (χ0v) is 10.5. The van der Waals surface area contributed by atoms with Gasteiger partial charge in [-0.25, -0.2) is 0 Å². The number of nitrogens with zero attached hydrogens (tertiary/aromatic N) is 2. The second-order valence-corrected chi connectivity index (χ2v) is 4.33. The van der Waals surface area contributed by atoms with Gasteiger partial charge >= 0.3 is 6.18 Å². The minimum absolute atomic E-state index is 0.346. The molecule has 0 bridgehead atoms. The fraction of sp³-hybridized carbons (Fsp3) is 0.250. The second kappa shape index (κ2) is 5.52. The third kappa shape index (κ3) is 3.89. The predicted molar refractivity (Wildman–Crippen MR) is 67.2 cm³/mol. The van der Waals surface area contributed by atoms with Crippen LogP contribution in [0.15, 0.2) is 36.5 Å². The van der Waals surface area contributed by atoms with Crippen molar-refractivity contribution < 1.29 is 13.2 Å². The van der Waals surface area contributed by atoms with Crippen LogP contribution in [-0.4, -0.2) is 16.3 Å². The van der Waals surface area contributed by atoms with E-state index >= 15 is 0 Å². The lowest BCUT2D eigenvalue weighted by Crippen LogP contribution is -2.13. The van der Waals surface area contributed by atoms with Gasteiger partial charge in [-0.1, -0.05) is 11.6 Å². The maximum absolute atomic E-state index is 12.3. The van der Waals surface area contributed by atoms with Crippen LogP contribution in [0.2, 0.25) is 5.02 Å². The van der Waals surface area contributed by atoms with E-state index < -0.39 is 11.9 Å². The van der Waals surface area contributed by atoms with Gasteiger partial charge in [-0.2, -0.15) is 18.3 Å². The molecule has 0 saturated carbocycles. The Morgan fingerprint density at radius 3 is 2.42 bits per heavy atom. The molecular formula is C12H11ClF3N3. The van der Waals surface area contributed by atoms with E-state index in [0.29, 0.717) is 18.1 Å².